The van der Waals surface area contributed by atoms with E-state index in [1.807, 2.05) is 60.7 Å². The fraction of sp³-hybridized carbons (Fsp3) is 0.125. The van der Waals surface area contributed by atoms with Crippen LogP contribution in [0, 0.1) is 0 Å². The minimum atomic E-state index is -0.287. The Balaban J connectivity index is 1.30. The zero-order valence-corrected chi connectivity index (χ0v) is 17.1. The normalized spacial score (nSPS) is 12.0. The molecule has 0 fully saturated rings. The van der Waals surface area contributed by atoms with Gasteiger partial charge in [0.15, 0.2) is 0 Å². The standard InChI is InChI=1S/C24H20N6O2/c31-21(10-11-22-29-24(30-32-22)18-7-4-12-25-14-18)28-23(16-5-2-1-3-6-16)17-8-9-19-20(13-17)27-15-26-19/h1-9,12-15,23H,10-11H2,(H,26,27)(H,28,31). The third-order valence-corrected chi connectivity index (χ3v) is 5.17. The molecule has 158 valence electrons. The van der Waals surface area contributed by atoms with E-state index in [2.05, 4.69) is 30.4 Å². The number of nitrogens with zero attached hydrogens (tertiary/aromatic N) is 4. The SMILES string of the molecule is O=C(CCc1nc(-c2cccnc2)no1)NC(c1ccccc1)c1ccc2nc[nH]c2c1. The summed E-state index contributed by atoms with van der Waals surface area (Å²) in [5.74, 6) is 0.766. The number of imidazole rings is 1. The van der Waals surface area contributed by atoms with Crippen molar-refractivity contribution in [1.29, 1.82) is 0 Å². The van der Waals surface area contributed by atoms with Crippen molar-refractivity contribution in [2.75, 3.05) is 0 Å². The van der Waals surface area contributed by atoms with Crippen LogP contribution in [0.25, 0.3) is 22.4 Å². The number of fused-ring (bicyclic) bond motifs is 1. The largest absolute Gasteiger partial charge is 0.345 e. The Morgan fingerprint density at radius 1 is 1.06 bits per heavy atom. The first kappa shape index (κ1) is 19.6. The molecule has 5 rings (SSSR count). The summed E-state index contributed by atoms with van der Waals surface area (Å²) in [5.41, 5.74) is 4.54. The van der Waals surface area contributed by atoms with Gasteiger partial charge in [-0.2, -0.15) is 4.98 Å². The molecule has 5 aromatic rings. The van der Waals surface area contributed by atoms with Crippen molar-refractivity contribution in [3.8, 4) is 11.4 Å². The smallest absolute Gasteiger partial charge is 0.227 e. The summed E-state index contributed by atoms with van der Waals surface area (Å²) in [4.78, 5) is 28.7. The highest BCUT2D eigenvalue weighted by atomic mass is 16.5. The van der Waals surface area contributed by atoms with E-state index < -0.39 is 0 Å². The Kier molecular flexibility index (Phi) is 5.40. The van der Waals surface area contributed by atoms with E-state index in [0.29, 0.717) is 18.1 Å². The predicted molar refractivity (Wildman–Crippen MR) is 118 cm³/mol. The summed E-state index contributed by atoms with van der Waals surface area (Å²) < 4.78 is 5.30. The maximum Gasteiger partial charge on any atom is 0.227 e. The molecule has 0 aliphatic rings. The van der Waals surface area contributed by atoms with Gasteiger partial charge < -0.3 is 14.8 Å². The number of aromatic nitrogens is 5. The van der Waals surface area contributed by atoms with E-state index in [0.717, 1.165) is 27.7 Å². The average Bonchev–Trinajstić information content (AvgIpc) is 3.51. The Morgan fingerprint density at radius 3 is 2.81 bits per heavy atom. The number of rotatable bonds is 7. The van der Waals surface area contributed by atoms with Gasteiger partial charge in [-0.05, 0) is 35.4 Å². The monoisotopic (exact) mass is 424 g/mol. The second-order valence-electron chi connectivity index (χ2n) is 7.34. The van der Waals surface area contributed by atoms with Crippen molar-refractivity contribution in [1.82, 2.24) is 30.4 Å². The van der Waals surface area contributed by atoms with Crippen LogP contribution in [0.4, 0.5) is 0 Å². The van der Waals surface area contributed by atoms with Gasteiger partial charge in [0.2, 0.25) is 17.6 Å². The first-order chi connectivity index (χ1) is 15.8. The van der Waals surface area contributed by atoms with Gasteiger partial charge in [0.05, 0.1) is 23.4 Å². The molecule has 0 spiro atoms. The number of H-pyrrole nitrogens is 1. The first-order valence-electron chi connectivity index (χ1n) is 10.3. The van der Waals surface area contributed by atoms with Gasteiger partial charge >= 0.3 is 0 Å². The van der Waals surface area contributed by atoms with Crippen LogP contribution in [0.15, 0.2) is 83.9 Å². The molecular weight excluding hydrogens is 404 g/mol. The van der Waals surface area contributed by atoms with E-state index in [9.17, 15) is 4.79 Å². The molecule has 1 amide bonds. The van der Waals surface area contributed by atoms with Crippen molar-refractivity contribution in [3.63, 3.8) is 0 Å². The summed E-state index contributed by atoms with van der Waals surface area (Å²) in [5, 5.41) is 7.12. The van der Waals surface area contributed by atoms with E-state index in [-0.39, 0.29) is 18.4 Å². The van der Waals surface area contributed by atoms with Crippen molar-refractivity contribution < 1.29 is 9.32 Å². The zero-order valence-electron chi connectivity index (χ0n) is 17.1. The van der Waals surface area contributed by atoms with E-state index >= 15 is 0 Å². The van der Waals surface area contributed by atoms with Crippen LogP contribution in [-0.2, 0) is 11.2 Å². The molecule has 1 atom stereocenters. The lowest BCUT2D eigenvalue weighted by atomic mass is 9.98. The van der Waals surface area contributed by atoms with Crippen molar-refractivity contribution in [2.24, 2.45) is 0 Å². The summed E-state index contributed by atoms with van der Waals surface area (Å²) in [7, 11) is 0. The molecule has 0 aliphatic heterocycles. The number of amides is 1. The van der Waals surface area contributed by atoms with Crippen LogP contribution in [0.2, 0.25) is 0 Å². The molecule has 8 nitrogen and oxygen atoms in total. The lowest BCUT2D eigenvalue weighted by Crippen LogP contribution is -2.29. The molecule has 2 N–H and O–H groups in total. The number of aryl methyl sites for hydroxylation is 1. The van der Waals surface area contributed by atoms with E-state index in [1.54, 1.807) is 18.7 Å². The molecular formula is C24H20N6O2. The molecule has 0 radical (unpaired) electrons. The zero-order chi connectivity index (χ0) is 21.8. The number of carbonyl (C=O) groups is 1. The minimum absolute atomic E-state index is 0.107. The molecule has 0 bridgehead atoms. The lowest BCUT2D eigenvalue weighted by molar-refractivity contribution is -0.121. The van der Waals surface area contributed by atoms with Crippen LogP contribution in [0.3, 0.4) is 0 Å². The van der Waals surface area contributed by atoms with Gasteiger partial charge in [0, 0.05) is 30.8 Å². The highest BCUT2D eigenvalue weighted by molar-refractivity contribution is 5.78. The molecule has 1 unspecified atom stereocenters. The highest BCUT2D eigenvalue weighted by Crippen LogP contribution is 2.25. The summed E-state index contributed by atoms with van der Waals surface area (Å²) in [6.45, 7) is 0. The average molecular weight is 424 g/mol. The Morgan fingerprint density at radius 2 is 1.97 bits per heavy atom. The maximum absolute atomic E-state index is 12.8. The molecule has 8 heteroatoms. The topological polar surface area (TPSA) is 110 Å². The van der Waals surface area contributed by atoms with E-state index in [4.69, 9.17) is 4.52 Å². The molecule has 3 heterocycles. The number of nitrogens with one attached hydrogen (secondary N) is 2. The minimum Gasteiger partial charge on any atom is -0.345 e. The van der Waals surface area contributed by atoms with Crippen LogP contribution in [0.1, 0.15) is 29.5 Å². The van der Waals surface area contributed by atoms with Crippen LogP contribution in [-0.4, -0.2) is 31.0 Å². The molecule has 2 aromatic carbocycles. The number of hydrogen-bond donors (Lipinski definition) is 2. The molecule has 0 aliphatic carbocycles. The Hall–Kier alpha value is -4.33. The van der Waals surface area contributed by atoms with Crippen LogP contribution >= 0.6 is 0 Å². The third-order valence-electron chi connectivity index (χ3n) is 5.17. The fourth-order valence-corrected chi connectivity index (χ4v) is 3.56. The lowest BCUT2D eigenvalue weighted by Gasteiger charge is -2.20. The highest BCUT2D eigenvalue weighted by Gasteiger charge is 2.18. The first-order valence-corrected chi connectivity index (χ1v) is 10.3. The number of carbonyl (C=O) groups excluding carboxylic acids is 1. The number of aromatic amines is 1. The molecule has 3 aromatic heterocycles. The summed E-state index contributed by atoms with van der Waals surface area (Å²) >= 11 is 0. The van der Waals surface area contributed by atoms with Crippen molar-refractivity contribution in [3.05, 3.63) is 96.4 Å². The summed E-state index contributed by atoms with van der Waals surface area (Å²) in [6, 6.07) is 19.2. The van der Waals surface area contributed by atoms with Gasteiger partial charge in [0.1, 0.15) is 0 Å². The van der Waals surface area contributed by atoms with Crippen molar-refractivity contribution >= 4 is 16.9 Å². The molecule has 0 saturated heterocycles. The fourth-order valence-electron chi connectivity index (χ4n) is 3.56. The molecule has 0 saturated carbocycles. The van der Waals surface area contributed by atoms with Gasteiger partial charge in [-0.1, -0.05) is 41.6 Å². The number of hydrogen-bond acceptors (Lipinski definition) is 6. The number of pyridine rings is 1. The second-order valence-corrected chi connectivity index (χ2v) is 7.34. The second kappa shape index (κ2) is 8.81. The Bertz CT molecular complexity index is 1330. The third kappa shape index (κ3) is 4.24. The summed E-state index contributed by atoms with van der Waals surface area (Å²) in [6.07, 6.45) is 5.59. The van der Waals surface area contributed by atoms with Gasteiger partial charge in [-0.15, -0.1) is 0 Å². The molecule has 32 heavy (non-hydrogen) atoms. The number of benzene rings is 2. The quantitative estimate of drug-likeness (QED) is 0.411. The predicted octanol–water partition coefficient (Wildman–Crippen LogP) is 3.85. The van der Waals surface area contributed by atoms with Gasteiger partial charge in [-0.25, -0.2) is 4.98 Å². The maximum atomic E-state index is 12.8. The van der Waals surface area contributed by atoms with Crippen LogP contribution in [0.5, 0.6) is 0 Å². The van der Waals surface area contributed by atoms with E-state index in [1.165, 1.54) is 0 Å². The van der Waals surface area contributed by atoms with Crippen LogP contribution < -0.4 is 5.32 Å². The van der Waals surface area contributed by atoms with Crippen molar-refractivity contribution in [2.45, 2.75) is 18.9 Å². The van der Waals surface area contributed by atoms with Gasteiger partial charge in [-0.3, -0.25) is 9.78 Å². The van der Waals surface area contributed by atoms with Gasteiger partial charge in [0.25, 0.3) is 0 Å². The Labute approximate surface area is 183 Å².